The highest BCUT2D eigenvalue weighted by molar-refractivity contribution is 6.00. The first-order valence-corrected chi connectivity index (χ1v) is 11.4. The third-order valence-electron chi connectivity index (χ3n) is 6.00. The van der Waals surface area contributed by atoms with Crippen molar-refractivity contribution in [1.29, 1.82) is 0 Å². The molecule has 6 rings (SSSR count). The van der Waals surface area contributed by atoms with Crippen molar-refractivity contribution in [2.45, 2.75) is 13.3 Å². The maximum absolute atomic E-state index is 13.4. The molecule has 0 aliphatic heterocycles. The molecular formula is C27H20FN7O. The number of nitrogens with zero attached hydrogens (tertiary/aromatic N) is 4. The summed E-state index contributed by atoms with van der Waals surface area (Å²) in [5.41, 5.74) is 7.61. The molecule has 0 spiro atoms. The Hall–Kier alpha value is -4.92. The molecule has 5 aromatic heterocycles. The normalized spacial score (nSPS) is 11.3. The zero-order chi connectivity index (χ0) is 24.6. The van der Waals surface area contributed by atoms with Crippen LogP contribution in [-0.4, -0.2) is 36.0 Å². The topological polar surface area (TPSA) is 112 Å². The summed E-state index contributed by atoms with van der Waals surface area (Å²) in [6.45, 7) is 1.80. The standard InChI is InChI=1S/C27H20FN7O/c1-2-25(36)31-18-9-16(11-29-12-18)21-7-8-22-26(33-21)27(35-34-22)23-10-19-20(13-30-14-24(19)32-23)15-3-5-17(28)6-4-15/h3-14,32H,2H2,1H3,(H,31,36)(H,34,35). The summed E-state index contributed by atoms with van der Waals surface area (Å²) >= 11 is 0. The van der Waals surface area contributed by atoms with Crippen LogP contribution in [0.2, 0.25) is 0 Å². The van der Waals surface area contributed by atoms with Gasteiger partial charge in [-0.05, 0) is 42.0 Å². The molecule has 9 heteroatoms. The van der Waals surface area contributed by atoms with Gasteiger partial charge in [-0.3, -0.25) is 19.9 Å². The lowest BCUT2D eigenvalue weighted by Gasteiger charge is -2.06. The summed E-state index contributed by atoms with van der Waals surface area (Å²) in [5, 5.41) is 11.3. The van der Waals surface area contributed by atoms with Crippen LogP contribution in [0.5, 0.6) is 0 Å². The van der Waals surface area contributed by atoms with Gasteiger partial charge < -0.3 is 10.3 Å². The second-order valence-corrected chi connectivity index (χ2v) is 8.37. The van der Waals surface area contributed by atoms with E-state index >= 15 is 0 Å². The zero-order valence-electron chi connectivity index (χ0n) is 19.2. The van der Waals surface area contributed by atoms with Crippen LogP contribution in [0.1, 0.15) is 13.3 Å². The highest BCUT2D eigenvalue weighted by Crippen LogP contribution is 2.33. The zero-order valence-corrected chi connectivity index (χ0v) is 19.2. The predicted octanol–water partition coefficient (Wildman–Crippen LogP) is 5.72. The third kappa shape index (κ3) is 3.86. The van der Waals surface area contributed by atoms with Gasteiger partial charge in [0.25, 0.3) is 0 Å². The first kappa shape index (κ1) is 21.6. The number of hydrogen-bond donors (Lipinski definition) is 3. The fraction of sp³-hybridized carbons (Fsp3) is 0.0741. The van der Waals surface area contributed by atoms with Crippen LogP contribution in [0.25, 0.3) is 55.7 Å². The Bertz CT molecular complexity index is 1740. The third-order valence-corrected chi connectivity index (χ3v) is 6.00. The van der Waals surface area contributed by atoms with Crippen molar-refractivity contribution >= 4 is 33.5 Å². The molecule has 0 aliphatic carbocycles. The Morgan fingerprint density at radius 1 is 0.944 bits per heavy atom. The number of anilines is 1. The minimum atomic E-state index is -0.285. The Labute approximate surface area is 204 Å². The molecular weight excluding hydrogens is 457 g/mol. The van der Waals surface area contributed by atoms with Crippen LogP contribution in [0.4, 0.5) is 10.1 Å². The molecule has 0 bridgehead atoms. The van der Waals surface area contributed by atoms with E-state index in [1.807, 2.05) is 24.3 Å². The number of aromatic amines is 2. The lowest BCUT2D eigenvalue weighted by Crippen LogP contribution is -2.09. The predicted molar refractivity (Wildman–Crippen MR) is 137 cm³/mol. The Morgan fingerprint density at radius 2 is 1.78 bits per heavy atom. The highest BCUT2D eigenvalue weighted by Gasteiger charge is 2.16. The minimum absolute atomic E-state index is 0.0808. The largest absolute Gasteiger partial charge is 0.352 e. The van der Waals surface area contributed by atoms with Gasteiger partial charge in [-0.2, -0.15) is 5.10 Å². The minimum Gasteiger partial charge on any atom is -0.352 e. The SMILES string of the molecule is CCC(=O)Nc1cncc(-c2ccc3[nH]nc(-c4cc5c(-c6ccc(F)cc6)cncc5[nH]4)c3n2)c1. The van der Waals surface area contributed by atoms with Crippen molar-refractivity contribution in [2.24, 2.45) is 0 Å². The number of H-pyrrole nitrogens is 2. The van der Waals surface area contributed by atoms with Crippen LogP contribution in [0.3, 0.4) is 0 Å². The Morgan fingerprint density at radius 3 is 2.61 bits per heavy atom. The van der Waals surface area contributed by atoms with Crippen molar-refractivity contribution in [3.8, 4) is 33.8 Å². The number of carbonyl (C=O) groups is 1. The first-order valence-electron chi connectivity index (χ1n) is 11.4. The molecule has 6 aromatic rings. The van der Waals surface area contributed by atoms with Gasteiger partial charge in [0, 0.05) is 35.3 Å². The summed E-state index contributed by atoms with van der Waals surface area (Å²) in [4.78, 5) is 28.6. The molecule has 0 unspecified atom stereocenters. The molecule has 1 amide bonds. The van der Waals surface area contributed by atoms with Crippen molar-refractivity contribution in [3.63, 3.8) is 0 Å². The monoisotopic (exact) mass is 477 g/mol. The lowest BCUT2D eigenvalue weighted by molar-refractivity contribution is -0.115. The molecule has 0 radical (unpaired) electrons. The number of halogens is 1. The van der Waals surface area contributed by atoms with Crippen LogP contribution in [0, 0.1) is 5.82 Å². The van der Waals surface area contributed by atoms with E-state index in [0.29, 0.717) is 29.0 Å². The fourth-order valence-electron chi connectivity index (χ4n) is 4.18. The van der Waals surface area contributed by atoms with Crippen LogP contribution in [0.15, 0.2) is 73.3 Å². The summed E-state index contributed by atoms with van der Waals surface area (Å²) in [7, 11) is 0. The molecule has 0 saturated carbocycles. The van der Waals surface area contributed by atoms with Crippen molar-refractivity contribution in [3.05, 3.63) is 79.1 Å². The summed E-state index contributed by atoms with van der Waals surface area (Å²) in [6.07, 6.45) is 7.22. The van der Waals surface area contributed by atoms with Gasteiger partial charge in [0.2, 0.25) is 5.91 Å². The second kappa shape index (κ2) is 8.70. The molecule has 8 nitrogen and oxygen atoms in total. The summed E-state index contributed by atoms with van der Waals surface area (Å²) < 4.78 is 13.4. The van der Waals surface area contributed by atoms with E-state index in [9.17, 15) is 9.18 Å². The van der Waals surface area contributed by atoms with Crippen LogP contribution < -0.4 is 5.32 Å². The van der Waals surface area contributed by atoms with E-state index in [1.54, 1.807) is 43.8 Å². The molecule has 1 aromatic carbocycles. The van der Waals surface area contributed by atoms with Gasteiger partial charge in [0.05, 0.1) is 40.5 Å². The van der Waals surface area contributed by atoms with Gasteiger partial charge in [0.1, 0.15) is 17.0 Å². The summed E-state index contributed by atoms with van der Waals surface area (Å²) in [5.74, 6) is -0.366. The van der Waals surface area contributed by atoms with E-state index in [-0.39, 0.29) is 11.7 Å². The van der Waals surface area contributed by atoms with Gasteiger partial charge in [0.15, 0.2) is 0 Å². The van der Waals surface area contributed by atoms with Gasteiger partial charge >= 0.3 is 0 Å². The number of hydrogen-bond acceptors (Lipinski definition) is 5. The number of aromatic nitrogens is 6. The van der Waals surface area contributed by atoms with Crippen LogP contribution >= 0.6 is 0 Å². The number of benzene rings is 1. The molecule has 36 heavy (non-hydrogen) atoms. The molecule has 0 aliphatic rings. The molecule has 176 valence electrons. The second-order valence-electron chi connectivity index (χ2n) is 8.37. The molecule has 5 heterocycles. The smallest absolute Gasteiger partial charge is 0.224 e. The molecule has 0 fully saturated rings. The van der Waals surface area contributed by atoms with Crippen molar-refractivity contribution in [2.75, 3.05) is 5.32 Å². The average Bonchev–Trinajstić information content (AvgIpc) is 3.53. The number of fused-ring (bicyclic) bond motifs is 2. The van der Waals surface area contributed by atoms with E-state index in [0.717, 1.165) is 38.8 Å². The van der Waals surface area contributed by atoms with E-state index in [4.69, 9.17) is 4.98 Å². The van der Waals surface area contributed by atoms with Gasteiger partial charge in [-0.1, -0.05) is 19.1 Å². The lowest BCUT2D eigenvalue weighted by atomic mass is 10.0. The van der Waals surface area contributed by atoms with Crippen molar-refractivity contribution < 1.29 is 9.18 Å². The highest BCUT2D eigenvalue weighted by atomic mass is 19.1. The number of amides is 1. The maximum Gasteiger partial charge on any atom is 0.224 e. The Kier molecular flexibility index (Phi) is 5.22. The quantitative estimate of drug-likeness (QED) is 0.294. The molecule has 0 saturated heterocycles. The number of rotatable bonds is 5. The Balaban J connectivity index is 1.42. The van der Waals surface area contributed by atoms with Crippen molar-refractivity contribution in [1.82, 2.24) is 30.1 Å². The number of nitrogens with one attached hydrogen (secondary N) is 3. The summed E-state index contributed by atoms with van der Waals surface area (Å²) in [6, 6.07) is 14.0. The molecule has 0 atom stereocenters. The number of carbonyl (C=O) groups excluding carboxylic acids is 1. The van der Waals surface area contributed by atoms with Gasteiger partial charge in [-0.25, -0.2) is 9.37 Å². The fourth-order valence-corrected chi connectivity index (χ4v) is 4.18. The maximum atomic E-state index is 13.4. The van der Waals surface area contributed by atoms with E-state index < -0.39 is 0 Å². The molecule has 3 N–H and O–H groups in total. The average molecular weight is 478 g/mol. The first-order chi connectivity index (χ1) is 17.6. The van der Waals surface area contributed by atoms with Crippen LogP contribution in [-0.2, 0) is 4.79 Å². The van der Waals surface area contributed by atoms with E-state index in [2.05, 4.69) is 30.5 Å². The van der Waals surface area contributed by atoms with E-state index in [1.165, 1.54) is 12.1 Å². The number of pyridine rings is 3. The van der Waals surface area contributed by atoms with Gasteiger partial charge in [-0.15, -0.1) is 0 Å².